The highest BCUT2D eigenvalue weighted by atomic mass is 19.3. The van der Waals surface area contributed by atoms with Crippen molar-refractivity contribution in [2.45, 2.75) is 31.4 Å². The zero-order valence-electron chi connectivity index (χ0n) is 13.6. The molecule has 0 saturated heterocycles. The van der Waals surface area contributed by atoms with Crippen LogP contribution in [0.3, 0.4) is 0 Å². The number of halogens is 2. The van der Waals surface area contributed by atoms with Gasteiger partial charge in [0.2, 0.25) is 0 Å². The van der Waals surface area contributed by atoms with E-state index in [0.717, 1.165) is 17.9 Å². The van der Waals surface area contributed by atoms with E-state index in [4.69, 9.17) is 4.74 Å². The van der Waals surface area contributed by atoms with Gasteiger partial charge in [-0.15, -0.1) is 0 Å². The molecule has 1 aliphatic carbocycles. The van der Waals surface area contributed by atoms with E-state index in [2.05, 4.69) is 4.74 Å². The van der Waals surface area contributed by atoms with Crippen LogP contribution in [0.25, 0.3) is 0 Å². The van der Waals surface area contributed by atoms with Gasteiger partial charge in [0.1, 0.15) is 5.54 Å². The Balaban J connectivity index is 1.94. The molecule has 5 nitrogen and oxygen atoms in total. The molecule has 1 aromatic rings. The van der Waals surface area contributed by atoms with Crippen molar-refractivity contribution in [2.75, 3.05) is 13.2 Å². The molecule has 1 aromatic carbocycles. The third kappa shape index (κ3) is 3.93. The zero-order chi connectivity index (χ0) is 17.9. The topological polar surface area (TPSA) is 62.2 Å². The second kappa shape index (κ2) is 7.41. The average Bonchev–Trinajstić information content (AvgIpc) is 3.40. The Morgan fingerprint density at radius 2 is 2.04 bits per heavy atom. The summed E-state index contributed by atoms with van der Waals surface area (Å²) in [6.07, 6.45) is 9.00. The Bertz CT molecular complexity index is 660. The van der Waals surface area contributed by atoms with Gasteiger partial charge in [0.15, 0.2) is 11.5 Å². The van der Waals surface area contributed by atoms with Crippen molar-refractivity contribution < 1.29 is 28.6 Å². The van der Waals surface area contributed by atoms with Crippen LogP contribution in [0.5, 0.6) is 11.5 Å². The van der Waals surface area contributed by atoms with Crippen LogP contribution in [-0.4, -0.2) is 35.2 Å². The van der Waals surface area contributed by atoms with E-state index >= 15 is 0 Å². The number of aliphatic hydroxyl groups excluding tert-OH is 1. The first-order valence-corrected chi connectivity index (χ1v) is 8.22. The lowest BCUT2D eigenvalue weighted by molar-refractivity contribution is -0.123. The van der Waals surface area contributed by atoms with Crippen LogP contribution < -0.4 is 9.47 Å². The molecule has 7 heteroatoms. The number of nitrogens with zero attached hydrogens (tertiary/aromatic N) is 1. The van der Waals surface area contributed by atoms with Crippen LogP contribution >= 0.6 is 0 Å². The molecule has 25 heavy (non-hydrogen) atoms. The molecule has 1 fully saturated rings. The fourth-order valence-corrected chi connectivity index (χ4v) is 2.87. The molecule has 1 saturated carbocycles. The lowest BCUT2D eigenvalue weighted by Gasteiger charge is -2.39. The quantitative estimate of drug-likeness (QED) is 0.750. The van der Waals surface area contributed by atoms with Gasteiger partial charge in [-0.25, -0.2) is 5.06 Å². The normalized spacial score (nSPS) is 22.5. The van der Waals surface area contributed by atoms with Crippen molar-refractivity contribution in [2.24, 2.45) is 5.92 Å². The van der Waals surface area contributed by atoms with Crippen LogP contribution in [0.4, 0.5) is 8.78 Å². The molecular weight excluding hydrogens is 332 g/mol. The molecule has 136 valence electrons. The predicted molar refractivity (Wildman–Crippen MR) is 86.6 cm³/mol. The minimum atomic E-state index is -2.95. The largest absolute Gasteiger partial charge is 0.489 e. The summed E-state index contributed by atoms with van der Waals surface area (Å²) in [5, 5.41) is 20.8. The summed E-state index contributed by atoms with van der Waals surface area (Å²) in [7, 11) is 0. The van der Waals surface area contributed by atoms with Gasteiger partial charge in [-0.3, -0.25) is 5.21 Å². The van der Waals surface area contributed by atoms with Crippen molar-refractivity contribution in [3.8, 4) is 11.5 Å². The summed E-state index contributed by atoms with van der Waals surface area (Å²) in [5.41, 5.74) is -0.387. The number of hydroxylamine groups is 2. The third-order valence-corrected chi connectivity index (χ3v) is 4.44. The van der Waals surface area contributed by atoms with E-state index in [0.29, 0.717) is 18.1 Å². The minimum Gasteiger partial charge on any atom is -0.489 e. The predicted octanol–water partition coefficient (Wildman–Crippen LogP) is 3.43. The highest BCUT2D eigenvalue weighted by molar-refractivity contribution is 5.47. The molecule has 1 atom stereocenters. The van der Waals surface area contributed by atoms with Crippen LogP contribution in [0.15, 0.2) is 42.6 Å². The van der Waals surface area contributed by atoms with E-state index in [1.807, 2.05) is 0 Å². The molecule has 1 heterocycles. The maximum absolute atomic E-state index is 12.6. The molecule has 2 aliphatic rings. The van der Waals surface area contributed by atoms with Gasteiger partial charge in [-0.2, -0.15) is 8.78 Å². The van der Waals surface area contributed by atoms with Gasteiger partial charge < -0.3 is 14.6 Å². The number of alkyl halides is 2. The molecule has 0 amide bonds. The van der Waals surface area contributed by atoms with Gasteiger partial charge in [-0.05, 0) is 42.5 Å². The molecule has 3 rings (SSSR count). The Labute approximate surface area is 144 Å². The first-order chi connectivity index (χ1) is 12.0. The van der Waals surface area contributed by atoms with Crippen LogP contribution in [-0.2, 0) is 5.54 Å². The van der Waals surface area contributed by atoms with Gasteiger partial charge in [0.25, 0.3) is 0 Å². The molecule has 0 aromatic heterocycles. The second-order valence-corrected chi connectivity index (χ2v) is 6.24. The van der Waals surface area contributed by atoms with Gasteiger partial charge in [0.05, 0.1) is 6.61 Å². The van der Waals surface area contributed by atoms with Crippen molar-refractivity contribution in [1.82, 2.24) is 5.06 Å². The first-order valence-electron chi connectivity index (χ1n) is 8.22. The van der Waals surface area contributed by atoms with Gasteiger partial charge in [-0.1, -0.05) is 18.2 Å². The first kappa shape index (κ1) is 17.7. The smallest absolute Gasteiger partial charge is 0.387 e. The SMILES string of the molecule is OCCC1(c2ccc(OC(F)F)c(OCC3CC3)c2)C=CC=CN1O. The van der Waals surface area contributed by atoms with E-state index in [1.54, 1.807) is 30.4 Å². The number of rotatable bonds is 8. The summed E-state index contributed by atoms with van der Waals surface area (Å²) in [5.74, 6) is 0.609. The second-order valence-electron chi connectivity index (χ2n) is 6.24. The Morgan fingerprint density at radius 3 is 2.68 bits per heavy atom. The summed E-state index contributed by atoms with van der Waals surface area (Å²) in [4.78, 5) is 0. The van der Waals surface area contributed by atoms with E-state index in [1.165, 1.54) is 12.3 Å². The van der Waals surface area contributed by atoms with Crippen LogP contribution in [0.1, 0.15) is 24.8 Å². The summed E-state index contributed by atoms with van der Waals surface area (Å²) in [6, 6.07) is 4.58. The van der Waals surface area contributed by atoms with Crippen LogP contribution in [0.2, 0.25) is 0 Å². The number of ether oxygens (including phenoxy) is 2. The molecule has 0 radical (unpaired) electrons. The van der Waals surface area contributed by atoms with E-state index in [-0.39, 0.29) is 24.5 Å². The third-order valence-electron chi connectivity index (χ3n) is 4.44. The van der Waals surface area contributed by atoms with Crippen molar-refractivity contribution >= 4 is 0 Å². The monoisotopic (exact) mass is 353 g/mol. The maximum Gasteiger partial charge on any atom is 0.387 e. The number of allylic oxidation sites excluding steroid dienone is 2. The summed E-state index contributed by atoms with van der Waals surface area (Å²) < 4.78 is 35.5. The van der Waals surface area contributed by atoms with Crippen molar-refractivity contribution in [1.29, 1.82) is 0 Å². The molecule has 1 aliphatic heterocycles. The van der Waals surface area contributed by atoms with E-state index < -0.39 is 12.2 Å². The van der Waals surface area contributed by atoms with Gasteiger partial charge >= 0.3 is 6.61 Å². The highest BCUT2D eigenvalue weighted by Crippen LogP contribution is 2.40. The highest BCUT2D eigenvalue weighted by Gasteiger charge is 2.36. The standard InChI is InChI=1S/C18H21F2NO4/c19-17(20)25-15-6-5-14(11-16(15)24-12-13-3-4-13)18(8-10-22)7-1-2-9-21(18)23/h1-2,5-7,9,11,13,17,22-23H,3-4,8,10,12H2. The van der Waals surface area contributed by atoms with Crippen molar-refractivity contribution in [3.05, 3.63) is 48.2 Å². The number of aliphatic hydroxyl groups is 1. The Hall–Kier alpha value is -2.12. The van der Waals surface area contributed by atoms with Gasteiger partial charge in [0, 0.05) is 19.2 Å². The Morgan fingerprint density at radius 1 is 1.24 bits per heavy atom. The Kier molecular flexibility index (Phi) is 5.24. The molecule has 1 unspecified atom stereocenters. The minimum absolute atomic E-state index is 0.0432. The molecule has 0 bridgehead atoms. The fourth-order valence-electron chi connectivity index (χ4n) is 2.87. The maximum atomic E-state index is 12.6. The lowest BCUT2D eigenvalue weighted by Crippen LogP contribution is -2.41. The number of hydrogen-bond acceptors (Lipinski definition) is 5. The van der Waals surface area contributed by atoms with E-state index in [9.17, 15) is 19.1 Å². The average molecular weight is 353 g/mol. The molecule has 0 spiro atoms. The molecular formula is C18H21F2NO4. The summed E-state index contributed by atoms with van der Waals surface area (Å²) in [6.45, 7) is -2.68. The van der Waals surface area contributed by atoms with Crippen LogP contribution in [0, 0.1) is 5.92 Å². The molecule has 2 N–H and O–H groups in total. The number of hydrogen-bond donors (Lipinski definition) is 2. The lowest BCUT2D eigenvalue weighted by atomic mass is 9.84. The zero-order valence-corrected chi connectivity index (χ0v) is 13.6. The van der Waals surface area contributed by atoms with Crippen molar-refractivity contribution in [3.63, 3.8) is 0 Å². The summed E-state index contributed by atoms with van der Waals surface area (Å²) >= 11 is 0. The number of benzene rings is 1. The fraction of sp³-hybridized carbons (Fsp3) is 0.444.